The topological polar surface area (TPSA) is 22.1 Å². The Labute approximate surface area is 126 Å². The van der Waals surface area contributed by atoms with Crippen molar-refractivity contribution in [2.24, 2.45) is 0 Å². The lowest BCUT2D eigenvalue weighted by Crippen LogP contribution is -2.00. The van der Waals surface area contributed by atoms with Gasteiger partial charge < -0.3 is 4.74 Å². The third-order valence-electron chi connectivity index (χ3n) is 2.83. The largest absolute Gasteiger partial charge is 0.489 e. The molecule has 0 saturated carbocycles. The third-order valence-corrected chi connectivity index (χ3v) is 3.67. The van der Waals surface area contributed by atoms with E-state index in [1.807, 2.05) is 18.2 Å². The van der Waals surface area contributed by atoms with Crippen LogP contribution in [0.3, 0.4) is 0 Å². The van der Waals surface area contributed by atoms with Gasteiger partial charge in [0, 0.05) is 22.4 Å². The van der Waals surface area contributed by atoms with Gasteiger partial charge in [0.2, 0.25) is 0 Å². The zero-order chi connectivity index (χ0) is 13.8. The first-order valence-corrected chi connectivity index (χ1v) is 7.25. The fraction of sp³-hybridized carbons (Fsp3) is 0.267. The van der Waals surface area contributed by atoms with E-state index in [0.29, 0.717) is 17.5 Å². The lowest BCUT2D eigenvalue weighted by molar-refractivity contribution is 0.301. The SMILES string of the molecule is CC(C)c1cc(Br)ccc1OCc1ccncc1Cl. The summed E-state index contributed by atoms with van der Waals surface area (Å²) in [5, 5.41) is 0.630. The van der Waals surface area contributed by atoms with Crippen molar-refractivity contribution in [2.75, 3.05) is 0 Å². The molecule has 0 amide bonds. The second-order valence-corrected chi connectivity index (χ2v) is 5.92. The average Bonchev–Trinajstić information content (AvgIpc) is 2.38. The smallest absolute Gasteiger partial charge is 0.123 e. The fourth-order valence-electron chi connectivity index (χ4n) is 1.78. The number of rotatable bonds is 4. The zero-order valence-corrected chi connectivity index (χ0v) is 13.2. The molecule has 1 aromatic carbocycles. The van der Waals surface area contributed by atoms with Crippen molar-refractivity contribution >= 4 is 27.5 Å². The highest BCUT2D eigenvalue weighted by Gasteiger charge is 2.09. The second-order valence-electron chi connectivity index (χ2n) is 4.59. The molecular formula is C15H15BrClNO. The molecule has 1 aromatic heterocycles. The maximum absolute atomic E-state index is 6.07. The Hall–Kier alpha value is -1.06. The summed E-state index contributed by atoms with van der Waals surface area (Å²) in [4.78, 5) is 3.96. The van der Waals surface area contributed by atoms with Gasteiger partial charge in [0.1, 0.15) is 12.4 Å². The molecule has 0 aliphatic heterocycles. The maximum atomic E-state index is 6.07. The van der Waals surface area contributed by atoms with Gasteiger partial charge in [0.25, 0.3) is 0 Å². The first-order chi connectivity index (χ1) is 9.08. The third kappa shape index (κ3) is 3.71. The molecule has 0 N–H and O–H groups in total. The molecule has 0 aliphatic carbocycles. The first kappa shape index (κ1) is 14.4. The monoisotopic (exact) mass is 339 g/mol. The molecule has 2 rings (SSSR count). The van der Waals surface area contributed by atoms with E-state index in [1.54, 1.807) is 12.4 Å². The standard InChI is InChI=1S/C15H15BrClNO/c1-10(2)13-7-12(16)3-4-15(13)19-9-11-5-6-18-8-14(11)17/h3-8,10H,9H2,1-2H3. The summed E-state index contributed by atoms with van der Waals surface area (Å²) in [5.41, 5.74) is 2.12. The molecule has 2 aromatic rings. The predicted octanol–water partition coefficient (Wildman–Crippen LogP) is 5.20. The van der Waals surface area contributed by atoms with Gasteiger partial charge >= 0.3 is 0 Å². The van der Waals surface area contributed by atoms with Gasteiger partial charge in [-0.05, 0) is 35.7 Å². The minimum absolute atomic E-state index is 0.403. The molecule has 0 aliphatic rings. The van der Waals surface area contributed by atoms with Crippen LogP contribution in [0.5, 0.6) is 5.75 Å². The van der Waals surface area contributed by atoms with Crippen LogP contribution >= 0.6 is 27.5 Å². The molecule has 0 radical (unpaired) electrons. The van der Waals surface area contributed by atoms with Crippen molar-refractivity contribution in [3.8, 4) is 5.75 Å². The van der Waals surface area contributed by atoms with E-state index in [0.717, 1.165) is 15.8 Å². The van der Waals surface area contributed by atoms with E-state index in [2.05, 4.69) is 40.8 Å². The minimum atomic E-state index is 0.403. The van der Waals surface area contributed by atoms with Crippen molar-refractivity contribution in [3.05, 3.63) is 57.3 Å². The highest BCUT2D eigenvalue weighted by atomic mass is 79.9. The number of nitrogens with zero attached hydrogens (tertiary/aromatic N) is 1. The summed E-state index contributed by atoms with van der Waals surface area (Å²) in [5.74, 6) is 1.30. The quantitative estimate of drug-likeness (QED) is 0.763. The molecule has 1 heterocycles. The number of ether oxygens (including phenoxy) is 1. The molecule has 4 heteroatoms. The molecule has 0 saturated heterocycles. The van der Waals surface area contributed by atoms with E-state index >= 15 is 0 Å². The van der Waals surface area contributed by atoms with Crippen LogP contribution in [-0.2, 0) is 6.61 Å². The Kier molecular flexibility index (Phi) is 4.83. The molecule has 19 heavy (non-hydrogen) atoms. The molecular weight excluding hydrogens is 326 g/mol. The predicted molar refractivity (Wildman–Crippen MR) is 81.8 cm³/mol. The highest BCUT2D eigenvalue weighted by molar-refractivity contribution is 9.10. The maximum Gasteiger partial charge on any atom is 0.123 e. The summed E-state index contributed by atoms with van der Waals surface area (Å²) in [7, 11) is 0. The van der Waals surface area contributed by atoms with Crippen LogP contribution in [-0.4, -0.2) is 4.98 Å². The number of hydrogen-bond donors (Lipinski definition) is 0. The van der Waals surface area contributed by atoms with Crippen molar-refractivity contribution < 1.29 is 4.74 Å². The number of hydrogen-bond acceptors (Lipinski definition) is 2. The van der Waals surface area contributed by atoms with Gasteiger partial charge in [-0.15, -0.1) is 0 Å². The van der Waals surface area contributed by atoms with Crippen LogP contribution in [0.4, 0.5) is 0 Å². The van der Waals surface area contributed by atoms with Crippen molar-refractivity contribution in [3.63, 3.8) is 0 Å². The van der Waals surface area contributed by atoms with Crippen LogP contribution in [0.1, 0.15) is 30.9 Å². The summed E-state index contributed by atoms with van der Waals surface area (Å²) in [6, 6.07) is 7.92. The first-order valence-electron chi connectivity index (χ1n) is 6.08. The second kappa shape index (κ2) is 6.40. The molecule has 0 bridgehead atoms. The van der Waals surface area contributed by atoms with Gasteiger partial charge in [-0.3, -0.25) is 4.98 Å². The molecule has 0 unspecified atom stereocenters. The Morgan fingerprint density at radius 2 is 2.11 bits per heavy atom. The van der Waals surface area contributed by atoms with E-state index in [-0.39, 0.29) is 0 Å². The van der Waals surface area contributed by atoms with E-state index in [9.17, 15) is 0 Å². The lowest BCUT2D eigenvalue weighted by atomic mass is 10.0. The summed E-state index contributed by atoms with van der Waals surface area (Å²) in [6.07, 6.45) is 3.35. The Morgan fingerprint density at radius 1 is 1.32 bits per heavy atom. The lowest BCUT2D eigenvalue weighted by Gasteiger charge is -2.15. The fourth-order valence-corrected chi connectivity index (χ4v) is 2.33. The zero-order valence-electron chi connectivity index (χ0n) is 10.9. The van der Waals surface area contributed by atoms with Gasteiger partial charge in [0.15, 0.2) is 0 Å². The molecule has 2 nitrogen and oxygen atoms in total. The van der Waals surface area contributed by atoms with Gasteiger partial charge in [0.05, 0.1) is 5.02 Å². The Bertz CT molecular complexity index is 572. The van der Waals surface area contributed by atoms with Crippen molar-refractivity contribution in [1.82, 2.24) is 4.98 Å². The number of benzene rings is 1. The molecule has 100 valence electrons. The van der Waals surface area contributed by atoms with E-state index < -0.39 is 0 Å². The van der Waals surface area contributed by atoms with Gasteiger partial charge in [-0.25, -0.2) is 0 Å². The summed E-state index contributed by atoms with van der Waals surface area (Å²) < 4.78 is 6.95. The van der Waals surface area contributed by atoms with Crippen LogP contribution in [0.2, 0.25) is 5.02 Å². The molecule has 0 atom stereocenters. The number of halogens is 2. The van der Waals surface area contributed by atoms with Crippen molar-refractivity contribution in [1.29, 1.82) is 0 Å². The molecule has 0 fully saturated rings. The normalized spacial score (nSPS) is 10.8. The van der Waals surface area contributed by atoms with Gasteiger partial charge in [-0.2, -0.15) is 0 Å². The summed E-state index contributed by atoms with van der Waals surface area (Å²) >= 11 is 9.56. The average molecular weight is 341 g/mol. The Morgan fingerprint density at radius 3 is 2.79 bits per heavy atom. The van der Waals surface area contributed by atoms with Crippen LogP contribution < -0.4 is 4.74 Å². The van der Waals surface area contributed by atoms with Gasteiger partial charge in [-0.1, -0.05) is 41.4 Å². The minimum Gasteiger partial charge on any atom is -0.489 e. The van der Waals surface area contributed by atoms with E-state index in [4.69, 9.17) is 16.3 Å². The van der Waals surface area contributed by atoms with Crippen LogP contribution in [0.25, 0.3) is 0 Å². The number of pyridine rings is 1. The number of aromatic nitrogens is 1. The Balaban J connectivity index is 2.18. The molecule has 0 spiro atoms. The van der Waals surface area contributed by atoms with Crippen LogP contribution in [0, 0.1) is 0 Å². The van der Waals surface area contributed by atoms with Crippen molar-refractivity contribution in [2.45, 2.75) is 26.4 Å². The van der Waals surface area contributed by atoms with E-state index in [1.165, 1.54) is 5.56 Å². The highest BCUT2D eigenvalue weighted by Crippen LogP contribution is 2.30. The van der Waals surface area contributed by atoms with Crippen LogP contribution in [0.15, 0.2) is 41.1 Å². The summed E-state index contributed by atoms with van der Waals surface area (Å²) in [6.45, 7) is 4.74.